The number of hydrogen-bond acceptors (Lipinski definition) is 4. The molecule has 1 saturated heterocycles. The van der Waals surface area contributed by atoms with Gasteiger partial charge in [0, 0.05) is 52.4 Å². The highest BCUT2D eigenvalue weighted by atomic mass is 79.9. The van der Waals surface area contributed by atoms with Gasteiger partial charge in [-0.15, -0.1) is 0 Å². The van der Waals surface area contributed by atoms with E-state index < -0.39 is 5.97 Å². The summed E-state index contributed by atoms with van der Waals surface area (Å²) >= 11 is 10.0. The summed E-state index contributed by atoms with van der Waals surface area (Å²) in [7, 11) is 0. The maximum atomic E-state index is 13.8. The lowest BCUT2D eigenvalue weighted by atomic mass is 9.87. The maximum Gasteiger partial charge on any atom is 0.303 e. The zero-order chi connectivity index (χ0) is 27.4. The predicted molar refractivity (Wildman–Crippen MR) is 157 cm³/mol. The lowest BCUT2D eigenvalue weighted by molar-refractivity contribution is -0.137. The number of aromatic nitrogens is 1. The molecule has 1 aromatic heterocycles. The van der Waals surface area contributed by atoms with Gasteiger partial charge in [-0.05, 0) is 67.9 Å². The van der Waals surface area contributed by atoms with E-state index in [0.717, 1.165) is 51.8 Å². The Labute approximate surface area is 237 Å². The first-order valence-corrected chi connectivity index (χ1v) is 14.4. The van der Waals surface area contributed by atoms with Gasteiger partial charge < -0.3 is 15.3 Å². The summed E-state index contributed by atoms with van der Waals surface area (Å²) in [6, 6.07) is 13.2. The van der Waals surface area contributed by atoms with Gasteiger partial charge in [0.05, 0.1) is 11.1 Å². The third kappa shape index (κ3) is 6.49. The molecule has 2 atom stereocenters. The molecular formula is C30H35BrClN3O3. The van der Waals surface area contributed by atoms with E-state index in [0.29, 0.717) is 28.8 Å². The smallest absolute Gasteiger partial charge is 0.303 e. The molecule has 6 nitrogen and oxygen atoms in total. The van der Waals surface area contributed by atoms with Crippen LogP contribution in [0.1, 0.15) is 66.9 Å². The zero-order valence-corrected chi connectivity index (χ0v) is 24.5. The lowest BCUT2D eigenvalue weighted by Gasteiger charge is -2.36. The van der Waals surface area contributed by atoms with Crippen molar-refractivity contribution in [3.8, 4) is 0 Å². The van der Waals surface area contributed by atoms with E-state index in [1.165, 1.54) is 6.42 Å². The van der Waals surface area contributed by atoms with Gasteiger partial charge in [-0.2, -0.15) is 0 Å². The van der Waals surface area contributed by atoms with Crippen LogP contribution in [0.4, 0.5) is 5.82 Å². The zero-order valence-electron chi connectivity index (χ0n) is 22.1. The second kappa shape index (κ2) is 12.5. The molecule has 0 radical (unpaired) electrons. The molecule has 1 aliphatic rings. The van der Waals surface area contributed by atoms with Crippen LogP contribution in [-0.4, -0.2) is 41.6 Å². The topological polar surface area (TPSA) is 82.5 Å². The number of nitrogens with zero attached hydrogens (tertiary/aromatic N) is 2. The number of amides is 1. The minimum atomic E-state index is -0.875. The second-order valence-corrected chi connectivity index (χ2v) is 11.9. The van der Waals surface area contributed by atoms with E-state index in [1.807, 2.05) is 43.3 Å². The Balaban J connectivity index is 1.68. The molecule has 3 aromatic rings. The van der Waals surface area contributed by atoms with E-state index >= 15 is 0 Å². The van der Waals surface area contributed by atoms with Gasteiger partial charge in [0.25, 0.3) is 5.91 Å². The number of piperidine rings is 1. The third-order valence-corrected chi connectivity index (χ3v) is 8.49. The molecule has 1 fully saturated rings. The number of anilines is 1. The Kier molecular flexibility index (Phi) is 9.32. The van der Waals surface area contributed by atoms with Crippen LogP contribution in [0.2, 0.25) is 5.02 Å². The molecule has 2 N–H and O–H groups in total. The highest BCUT2D eigenvalue weighted by molar-refractivity contribution is 9.10. The van der Waals surface area contributed by atoms with Crippen molar-refractivity contribution in [3.05, 3.63) is 68.7 Å². The molecule has 8 heteroatoms. The number of aliphatic carboxylic acids is 1. The van der Waals surface area contributed by atoms with Gasteiger partial charge in [0.15, 0.2) is 0 Å². The third-order valence-electron chi connectivity index (χ3n) is 7.65. The summed E-state index contributed by atoms with van der Waals surface area (Å²) in [5.41, 5.74) is 3.08. The van der Waals surface area contributed by atoms with Crippen LogP contribution in [0.3, 0.4) is 0 Å². The van der Waals surface area contributed by atoms with Crippen LogP contribution in [0, 0.1) is 18.8 Å². The van der Waals surface area contributed by atoms with Gasteiger partial charge in [-0.25, -0.2) is 4.98 Å². The number of benzene rings is 2. The van der Waals surface area contributed by atoms with E-state index in [4.69, 9.17) is 16.6 Å². The molecule has 0 spiro atoms. The van der Waals surface area contributed by atoms with Crippen molar-refractivity contribution >= 4 is 56.1 Å². The monoisotopic (exact) mass is 599 g/mol. The summed E-state index contributed by atoms with van der Waals surface area (Å²) < 4.78 is 0.876. The van der Waals surface area contributed by atoms with Gasteiger partial charge in [-0.3, -0.25) is 9.59 Å². The van der Waals surface area contributed by atoms with Crippen molar-refractivity contribution in [2.45, 2.75) is 52.4 Å². The van der Waals surface area contributed by atoms with E-state index in [9.17, 15) is 14.7 Å². The Morgan fingerprint density at radius 2 is 2.00 bits per heavy atom. The molecule has 0 aliphatic carbocycles. The van der Waals surface area contributed by atoms with Crippen LogP contribution in [-0.2, 0) is 4.79 Å². The largest absolute Gasteiger partial charge is 0.481 e. The van der Waals surface area contributed by atoms with Gasteiger partial charge in [0.1, 0.15) is 5.82 Å². The number of rotatable bonds is 9. The number of hydrogen-bond donors (Lipinski definition) is 2. The SMILES string of the molecule is Cc1c(N2CCCC(C(C)C)C2)nc2ccc(Br)cc2c1C(=O)NCC(CCC(=O)O)c1ccccc1Cl. The first kappa shape index (κ1) is 28.4. The molecule has 38 heavy (non-hydrogen) atoms. The number of pyridine rings is 1. The fraction of sp³-hybridized carbons (Fsp3) is 0.433. The lowest BCUT2D eigenvalue weighted by Crippen LogP contribution is -2.38. The van der Waals surface area contributed by atoms with Crippen LogP contribution in [0.15, 0.2) is 46.9 Å². The Morgan fingerprint density at radius 3 is 2.71 bits per heavy atom. The van der Waals surface area contributed by atoms with Crippen molar-refractivity contribution in [1.29, 1.82) is 0 Å². The standard InChI is InChI=1S/C30H35BrClN3O3/c1-18(2)21-7-6-14-35(17-21)29-19(3)28(24-15-22(31)11-12-26(24)34-29)30(38)33-16-20(10-13-27(36)37)23-8-4-5-9-25(23)32/h4-5,8-9,11-12,15,18,20-21H,6-7,10,13-14,16-17H2,1-3H3,(H,33,38)(H,36,37). The number of carbonyl (C=O) groups excluding carboxylic acids is 1. The number of carboxylic acid groups (broad SMARTS) is 1. The highest BCUT2D eigenvalue weighted by Gasteiger charge is 2.27. The van der Waals surface area contributed by atoms with Crippen molar-refractivity contribution in [3.63, 3.8) is 0 Å². The van der Waals surface area contributed by atoms with E-state index in [2.05, 4.69) is 40.0 Å². The molecular weight excluding hydrogens is 566 g/mol. The number of carbonyl (C=O) groups is 2. The normalized spacial score (nSPS) is 16.6. The minimum Gasteiger partial charge on any atom is -0.481 e. The first-order valence-electron chi connectivity index (χ1n) is 13.2. The van der Waals surface area contributed by atoms with Crippen LogP contribution in [0.25, 0.3) is 10.9 Å². The van der Waals surface area contributed by atoms with Crippen molar-refractivity contribution in [2.75, 3.05) is 24.5 Å². The molecule has 2 aromatic carbocycles. The van der Waals surface area contributed by atoms with Crippen molar-refractivity contribution in [2.24, 2.45) is 11.8 Å². The average molecular weight is 601 g/mol. The van der Waals surface area contributed by atoms with Crippen LogP contribution >= 0.6 is 27.5 Å². The molecule has 0 saturated carbocycles. The Hall–Kier alpha value is -2.64. The fourth-order valence-corrected chi connectivity index (χ4v) is 6.09. The summed E-state index contributed by atoms with van der Waals surface area (Å²) in [4.78, 5) is 32.5. The number of fused-ring (bicyclic) bond motifs is 1. The molecule has 2 unspecified atom stereocenters. The minimum absolute atomic E-state index is 0.00789. The molecule has 1 aliphatic heterocycles. The summed E-state index contributed by atoms with van der Waals surface area (Å²) in [5, 5.41) is 13.7. The Morgan fingerprint density at radius 1 is 1.24 bits per heavy atom. The van der Waals surface area contributed by atoms with Crippen molar-refractivity contribution in [1.82, 2.24) is 10.3 Å². The fourth-order valence-electron chi connectivity index (χ4n) is 5.44. The van der Waals surface area contributed by atoms with Crippen LogP contribution in [0.5, 0.6) is 0 Å². The maximum absolute atomic E-state index is 13.8. The van der Waals surface area contributed by atoms with Gasteiger partial charge in [-0.1, -0.05) is 59.6 Å². The first-order chi connectivity index (χ1) is 18.2. The molecule has 1 amide bonds. The number of carboxylic acids is 1. The molecule has 0 bridgehead atoms. The highest BCUT2D eigenvalue weighted by Crippen LogP contribution is 2.34. The van der Waals surface area contributed by atoms with Gasteiger partial charge in [0.2, 0.25) is 0 Å². The summed E-state index contributed by atoms with van der Waals surface area (Å²) in [6.45, 7) is 8.65. The quantitative estimate of drug-likeness (QED) is 0.271. The van der Waals surface area contributed by atoms with E-state index in [-0.39, 0.29) is 24.8 Å². The average Bonchev–Trinajstić information content (AvgIpc) is 2.88. The Bertz CT molecular complexity index is 1330. The van der Waals surface area contributed by atoms with Gasteiger partial charge >= 0.3 is 5.97 Å². The van der Waals surface area contributed by atoms with Crippen LogP contribution < -0.4 is 10.2 Å². The van der Waals surface area contributed by atoms with Crippen molar-refractivity contribution < 1.29 is 14.7 Å². The number of nitrogens with one attached hydrogen (secondary N) is 1. The molecule has 2 heterocycles. The number of halogens is 2. The summed E-state index contributed by atoms with van der Waals surface area (Å²) in [6.07, 6.45) is 2.68. The summed E-state index contributed by atoms with van der Waals surface area (Å²) in [5.74, 6) is 0.749. The molecule has 4 rings (SSSR count). The predicted octanol–water partition coefficient (Wildman–Crippen LogP) is 7.21. The van der Waals surface area contributed by atoms with E-state index in [1.54, 1.807) is 6.07 Å². The second-order valence-electron chi connectivity index (χ2n) is 10.6. The molecule has 202 valence electrons.